The van der Waals surface area contributed by atoms with Gasteiger partial charge < -0.3 is 10.6 Å². The summed E-state index contributed by atoms with van der Waals surface area (Å²) in [6.45, 7) is 8.94. The summed E-state index contributed by atoms with van der Waals surface area (Å²) in [4.78, 5) is 15.3. The van der Waals surface area contributed by atoms with Gasteiger partial charge in [-0.2, -0.15) is 0 Å². The number of anilines is 1. The molecule has 0 saturated heterocycles. The molecule has 2 aromatic rings. The fourth-order valence-corrected chi connectivity index (χ4v) is 3.57. The van der Waals surface area contributed by atoms with Crippen LogP contribution in [0.3, 0.4) is 0 Å². The van der Waals surface area contributed by atoms with Gasteiger partial charge in [0.2, 0.25) is 0 Å². The van der Waals surface area contributed by atoms with Crippen LogP contribution in [0.2, 0.25) is 0 Å². The van der Waals surface area contributed by atoms with Gasteiger partial charge in [0.1, 0.15) is 4.88 Å². The predicted octanol–water partition coefficient (Wildman–Crippen LogP) is 4.05. The van der Waals surface area contributed by atoms with Crippen molar-refractivity contribution in [2.75, 3.05) is 12.3 Å². The number of nitrogens with two attached hydrogens (primary N) is 1. The summed E-state index contributed by atoms with van der Waals surface area (Å²) in [5.41, 5.74) is 8.00. The molecule has 1 aromatic carbocycles. The number of carbonyl (C=O) groups is 1. The molecule has 2 rings (SSSR count). The van der Waals surface area contributed by atoms with Crippen LogP contribution < -0.4 is 5.73 Å². The number of nitrogen functional groups attached to an aromatic ring is 1. The SMILES string of the molecule is CCC(C)N(CC)C(=O)c1sc2cc(C)ccc2c1N. The van der Waals surface area contributed by atoms with E-state index < -0.39 is 0 Å². The van der Waals surface area contributed by atoms with E-state index in [1.54, 1.807) is 0 Å². The Hall–Kier alpha value is -1.55. The molecule has 0 aliphatic heterocycles. The van der Waals surface area contributed by atoms with Crippen molar-refractivity contribution in [3.05, 3.63) is 28.6 Å². The highest BCUT2D eigenvalue weighted by Gasteiger charge is 2.23. The van der Waals surface area contributed by atoms with Crippen molar-refractivity contribution in [2.45, 2.75) is 40.2 Å². The largest absolute Gasteiger partial charge is 0.397 e. The molecule has 108 valence electrons. The molecule has 1 amide bonds. The van der Waals surface area contributed by atoms with Crippen LogP contribution in [-0.2, 0) is 0 Å². The van der Waals surface area contributed by atoms with Gasteiger partial charge in [0.05, 0.1) is 5.69 Å². The minimum absolute atomic E-state index is 0.0539. The van der Waals surface area contributed by atoms with Gasteiger partial charge in [-0.15, -0.1) is 11.3 Å². The third-order valence-electron chi connectivity index (χ3n) is 3.80. The van der Waals surface area contributed by atoms with Crippen LogP contribution in [0.5, 0.6) is 0 Å². The lowest BCUT2D eigenvalue weighted by molar-refractivity contribution is 0.0706. The molecule has 1 unspecified atom stereocenters. The lowest BCUT2D eigenvalue weighted by Gasteiger charge is -2.26. The zero-order chi connectivity index (χ0) is 14.9. The fourth-order valence-electron chi connectivity index (χ4n) is 2.39. The summed E-state index contributed by atoms with van der Waals surface area (Å²) in [5, 5.41) is 0.990. The first-order valence-corrected chi connectivity index (χ1v) is 7.90. The molecule has 20 heavy (non-hydrogen) atoms. The number of fused-ring (bicyclic) bond motifs is 1. The number of hydrogen-bond donors (Lipinski definition) is 1. The van der Waals surface area contributed by atoms with Crippen LogP contribution in [0, 0.1) is 6.92 Å². The van der Waals surface area contributed by atoms with Crippen LogP contribution in [0.15, 0.2) is 18.2 Å². The maximum absolute atomic E-state index is 12.7. The van der Waals surface area contributed by atoms with Crippen molar-refractivity contribution in [1.82, 2.24) is 4.90 Å². The molecule has 1 atom stereocenters. The van der Waals surface area contributed by atoms with Crippen molar-refractivity contribution >= 4 is 33.0 Å². The minimum Gasteiger partial charge on any atom is -0.397 e. The van der Waals surface area contributed by atoms with Gasteiger partial charge in [-0.25, -0.2) is 0 Å². The van der Waals surface area contributed by atoms with E-state index >= 15 is 0 Å². The van der Waals surface area contributed by atoms with Gasteiger partial charge in [0.15, 0.2) is 0 Å². The molecule has 0 bridgehead atoms. The lowest BCUT2D eigenvalue weighted by Crippen LogP contribution is -2.37. The highest BCUT2D eigenvalue weighted by molar-refractivity contribution is 7.21. The molecule has 0 spiro atoms. The summed E-state index contributed by atoms with van der Waals surface area (Å²) in [6.07, 6.45) is 0.948. The molecule has 1 aromatic heterocycles. The van der Waals surface area contributed by atoms with E-state index in [1.165, 1.54) is 16.9 Å². The van der Waals surface area contributed by atoms with Crippen LogP contribution in [-0.4, -0.2) is 23.4 Å². The van der Waals surface area contributed by atoms with Crippen molar-refractivity contribution in [3.8, 4) is 0 Å². The third kappa shape index (κ3) is 2.52. The number of amides is 1. The first-order valence-electron chi connectivity index (χ1n) is 7.09. The number of benzene rings is 1. The zero-order valence-electron chi connectivity index (χ0n) is 12.6. The van der Waals surface area contributed by atoms with E-state index in [2.05, 4.69) is 19.9 Å². The Labute approximate surface area is 124 Å². The van der Waals surface area contributed by atoms with Gasteiger partial charge in [-0.1, -0.05) is 19.1 Å². The Kier molecular flexibility index (Phi) is 4.33. The van der Waals surface area contributed by atoms with Gasteiger partial charge in [-0.3, -0.25) is 4.79 Å². The number of nitrogens with zero attached hydrogens (tertiary/aromatic N) is 1. The summed E-state index contributed by atoms with van der Waals surface area (Å²) in [6, 6.07) is 6.37. The highest BCUT2D eigenvalue weighted by Crippen LogP contribution is 2.35. The van der Waals surface area contributed by atoms with E-state index in [-0.39, 0.29) is 11.9 Å². The summed E-state index contributed by atoms with van der Waals surface area (Å²) >= 11 is 1.50. The zero-order valence-corrected chi connectivity index (χ0v) is 13.4. The van der Waals surface area contributed by atoms with Gasteiger partial charge >= 0.3 is 0 Å². The van der Waals surface area contributed by atoms with Crippen molar-refractivity contribution in [1.29, 1.82) is 0 Å². The Morgan fingerprint density at radius 2 is 2.10 bits per heavy atom. The summed E-state index contributed by atoms with van der Waals surface area (Å²) in [7, 11) is 0. The number of carbonyl (C=O) groups excluding carboxylic acids is 1. The second-order valence-corrected chi connectivity index (χ2v) is 6.25. The van der Waals surface area contributed by atoms with Gasteiger partial charge in [0, 0.05) is 22.7 Å². The first-order chi connectivity index (χ1) is 9.49. The normalized spacial score (nSPS) is 12.6. The average molecular weight is 290 g/mol. The summed E-state index contributed by atoms with van der Waals surface area (Å²) < 4.78 is 1.09. The monoisotopic (exact) mass is 290 g/mol. The first kappa shape index (κ1) is 14.9. The maximum Gasteiger partial charge on any atom is 0.266 e. The molecular weight excluding hydrogens is 268 g/mol. The number of aryl methyl sites for hydroxylation is 1. The number of thiophene rings is 1. The maximum atomic E-state index is 12.7. The Morgan fingerprint density at radius 3 is 2.70 bits per heavy atom. The molecule has 4 heteroatoms. The van der Waals surface area contributed by atoms with E-state index in [4.69, 9.17) is 5.73 Å². The fraction of sp³-hybridized carbons (Fsp3) is 0.438. The lowest BCUT2D eigenvalue weighted by atomic mass is 10.1. The van der Waals surface area contributed by atoms with Gasteiger partial charge in [-0.05, 0) is 38.8 Å². The Balaban J connectivity index is 2.46. The van der Waals surface area contributed by atoms with Crippen molar-refractivity contribution in [2.24, 2.45) is 0 Å². The molecule has 1 heterocycles. The Morgan fingerprint density at radius 1 is 1.40 bits per heavy atom. The molecule has 0 fully saturated rings. The standard InChI is InChI=1S/C16H22N2OS/c1-5-11(4)18(6-2)16(19)15-14(17)12-8-7-10(3)9-13(12)20-15/h7-9,11H,5-6,17H2,1-4H3. The third-order valence-corrected chi connectivity index (χ3v) is 4.96. The molecular formula is C16H22N2OS. The molecule has 0 aliphatic carbocycles. The van der Waals surface area contributed by atoms with Gasteiger partial charge in [0.25, 0.3) is 5.91 Å². The van der Waals surface area contributed by atoms with E-state index in [9.17, 15) is 4.79 Å². The quantitative estimate of drug-likeness (QED) is 0.923. The van der Waals surface area contributed by atoms with Crippen molar-refractivity contribution in [3.63, 3.8) is 0 Å². The van der Waals surface area contributed by atoms with Crippen LogP contribution in [0.1, 0.15) is 42.4 Å². The molecule has 2 N–H and O–H groups in total. The highest BCUT2D eigenvalue weighted by atomic mass is 32.1. The van der Waals surface area contributed by atoms with E-state index in [0.717, 1.165) is 16.5 Å². The summed E-state index contributed by atoms with van der Waals surface area (Å²) in [5.74, 6) is 0.0539. The Bertz CT molecular complexity index is 633. The van der Waals surface area contributed by atoms with E-state index in [0.29, 0.717) is 17.1 Å². The smallest absolute Gasteiger partial charge is 0.266 e. The molecule has 0 aliphatic rings. The number of rotatable bonds is 4. The topological polar surface area (TPSA) is 46.3 Å². The number of hydrogen-bond acceptors (Lipinski definition) is 3. The molecule has 0 radical (unpaired) electrons. The van der Waals surface area contributed by atoms with Crippen LogP contribution in [0.25, 0.3) is 10.1 Å². The second-order valence-electron chi connectivity index (χ2n) is 5.19. The molecule has 0 saturated carbocycles. The average Bonchev–Trinajstić information content (AvgIpc) is 2.75. The minimum atomic E-state index is 0.0539. The van der Waals surface area contributed by atoms with Crippen LogP contribution >= 0.6 is 11.3 Å². The predicted molar refractivity (Wildman–Crippen MR) is 87.4 cm³/mol. The van der Waals surface area contributed by atoms with Crippen molar-refractivity contribution < 1.29 is 4.79 Å². The molecule has 3 nitrogen and oxygen atoms in total. The van der Waals surface area contributed by atoms with Crippen LogP contribution in [0.4, 0.5) is 5.69 Å². The second kappa shape index (κ2) is 5.83. The van der Waals surface area contributed by atoms with E-state index in [1.807, 2.05) is 30.9 Å².